The average molecular weight is 239 g/mol. The Kier molecular flexibility index (Phi) is 4.83. The third kappa shape index (κ3) is 3.43. The minimum atomic E-state index is 0.673. The molecule has 17 heavy (non-hydrogen) atoms. The molecule has 0 aromatic carbocycles. The Morgan fingerprint density at radius 3 is 2.88 bits per heavy atom. The van der Waals surface area contributed by atoms with Crippen LogP contribution in [0.2, 0.25) is 0 Å². The Hall–Kier alpha value is -0.120. The van der Waals surface area contributed by atoms with Crippen molar-refractivity contribution in [1.82, 2.24) is 15.1 Å². The third-order valence-corrected chi connectivity index (χ3v) is 4.58. The lowest BCUT2D eigenvalue weighted by atomic mass is 10.1. The van der Waals surface area contributed by atoms with Crippen LogP contribution in [0, 0.1) is 0 Å². The van der Waals surface area contributed by atoms with Crippen molar-refractivity contribution in [2.24, 2.45) is 0 Å². The van der Waals surface area contributed by atoms with Crippen LogP contribution in [0.25, 0.3) is 0 Å². The predicted octanol–water partition coefficient (Wildman–Crippen LogP) is 1.54. The van der Waals surface area contributed by atoms with Crippen molar-refractivity contribution in [2.45, 2.75) is 57.7 Å². The van der Waals surface area contributed by atoms with Crippen LogP contribution in [0.1, 0.15) is 39.5 Å². The Morgan fingerprint density at radius 2 is 2.12 bits per heavy atom. The highest BCUT2D eigenvalue weighted by molar-refractivity contribution is 4.95. The van der Waals surface area contributed by atoms with Gasteiger partial charge in [0.15, 0.2) is 0 Å². The summed E-state index contributed by atoms with van der Waals surface area (Å²) in [5, 5.41) is 3.78. The highest BCUT2D eigenvalue weighted by Gasteiger charge is 2.36. The monoisotopic (exact) mass is 239 g/mol. The van der Waals surface area contributed by atoms with Crippen molar-refractivity contribution in [3.8, 4) is 0 Å². The van der Waals surface area contributed by atoms with Gasteiger partial charge >= 0.3 is 0 Å². The summed E-state index contributed by atoms with van der Waals surface area (Å²) in [6.45, 7) is 9.60. The van der Waals surface area contributed by atoms with Gasteiger partial charge in [-0.15, -0.1) is 0 Å². The summed E-state index contributed by atoms with van der Waals surface area (Å²) in [6, 6.07) is 2.31. The first-order valence-corrected chi connectivity index (χ1v) is 7.36. The summed E-state index contributed by atoms with van der Waals surface area (Å²) in [7, 11) is 2.22. The molecule has 1 N–H and O–H groups in total. The van der Waals surface area contributed by atoms with Crippen LogP contribution in [0.5, 0.6) is 0 Å². The highest BCUT2D eigenvalue weighted by Crippen LogP contribution is 2.27. The molecule has 0 amide bonds. The van der Waals surface area contributed by atoms with Gasteiger partial charge in [0.05, 0.1) is 0 Å². The van der Waals surface area contributed by atoms with Gasteiger partial charge in [-0.1, -0.05) is 0 Å². The Labute approximate surface area is 107 Å². The standard InChI is InChI=1S/C14H29N3/c1-12(2)16(3)9-5-8-15-13-7-11-17-10-4-6-14(13)17/h12-15H,4-11H2,1-3H3. The molecule has 0 aliphatic carbocycles. The van der Waals surface area contributed by atoms with Gasteiger partial charge in [0, 0.05) is 24.7 Å². The summed E-state index contributed by atoms with van der Waals surface area (Å²) in [5.74, 6) is 0. The molecule has 2 aliphatic heterocycles. The van der Waals surface area contributed by atoms with Crippen LogP contribution >= 0.6 is 0 Å². The lowest BCUT2D eigenvalue weighted by molar-refractivity contribution is 0.262. The van der Waals surface area contributed by atoms with Crippen molar-refractivity contribution in [1.29, 1.82) is 0 Å². The molecule has 2 unspecified atom stereocenters. The summed E-state index contributed by atoms with van der Waals surface area (Å²) < 4.78 is 0. The molecule has 0 saturated carbocycles. The largest absolute Gasteiger partial charge is 0.312 e. The van der Waals surface area contributed by atoms with E-state index < -0.39 is 0 Å². The minimum Gasteiger partial charge on any atom is -0.312 e. The van der Waals surface area contributed by atoms with Crippen molar-refractivity contribution in [2.75, 3.05) is 33.2 Å². The maximum absolute atomic E-state index is 3.78. The summed E-state index contributed by atoms with van der Waals surface area (Å²) in [5.41, 5.74) is 0. The van der Waals surface area contributed by atoms with E-state index in [1.807, 2.05) is 0 Å². The first-order valence-electron chi connectivity index (χ1n) is 7.36. The van der Waals surface area contributed by atoms with Crippen molar-refractivity contribution in [3.63, 3.8) is 0 Å². The van der Waals surface area contributed by atoms with Gasteiger partial charge < -0.3 is 10.2 Å². The fraction of sp³-hybridized carbons (Fsp3) is 1.00. The van der Waals surface area contributed by atoms with E-state index >= 15 is 0 Å². The Bertz CT molecular complexity index is 230. The summed E-state index contributed by atoms with van der Waals surface area (Å²) in [4.78, 5) is 5.11. The van der Waals surface area contributed by atoms with Crippen molar-refractivity contribution in [3.05, 3.63) is 0 Å². The fourth-order valence-electron chi connectivity index (χ4n) is 3.19. The fourth-order valence-corrected chi connectivity index (χ4v) is 3.19. The molecule has 0 radical (unpaired) electrons. The molecule has 3 nitrogen and oxygen atoms in total. The summed E-state index contributed by atoms with van der Waals surface area (Å²) >= 11 is 0. The molecule has 2 aliphatic rings. The lowest BCUT2D eigenvalue weighted by Crippen LogP contribution is -2.40. The van der Waals surface area contributed by atoms with E-state index in [1.165, 1.54) is 51.9 Å². The van der Waals surface area contributed by atoms with E-state index in [2.05, 4.69) is 36.0 Å². The molecular weight excluding hydrogens is 210 g/mol. The smallest absolute Gasteiger partial charge is 0.0250 e. The molecule has 0 aromatic heterocycles. The summed E-state index contributed by atoms with van der Waals surface area (Å²) in [6.07, 6.45) is 5.48. The number of fused-ring (bicyclic) bond motifs is 1. The zero-order valence-corrected chi connectivity index (χ0v) is 11.8. The van der Waals surface area contributed by atoms with Gasteiger partial charge in [-0.3, -0.25) is 4.90 Å². The Balaban J connectivity index is 1.59. The van der Waals surface area contributed by atoms with E-state index in [4.69, 9.17) is 0 Å². The van der Waals surface area contributed by atoms with Crippen LogP contribution in [-0.2, 0) is 0 Å². The van der Waals surface area contributed by atoms with Crippen LogP contribution in [0.3, 0.4) is 0 Å². The van der Waals surface area contributed by atoms with E-state index in [0.717, 1.165) is 12.1 Å². The van der Waals surface area contributed by atoms with Gasteiger partial charge in [0.25, 0.3) is 0 Å². The minimum absolute atomic E-state index is 0.673. The molecule has 2 saturated heterocycles. The molecular formula is C14H29N3. The van der Waals surface area contributed by atoms with Crippen LogP contribution in [0.4, 0.5) is 0 Å². The van der Waals surface area contributed by atoms with Gasteiger partial charge in [-0.05, 0) is 66.2 Å². The maximum atomic E-state index is 3.78. The number of hydrogen-bond donors (Lipinski definition) is 1. The molecule has 0 aromatic rings. The molecule has 2 fully saturated rings. The molecule has 2 heterocycles. The number of rotatable bonds is 6. The number of hydrogen-bond acceptors (Lipinski definition) is 3. The van der Waals surface area contributed by atoms with E-state index in [-0.39, 0.29) is 0 Å². The van der Waals surface area contributed by atoms with Crippen molar-refractivity contribution >= 4 is 0 Å². The predicted molar refractivity (Wildman–Crippen MR) is 73.4 cm³/mol. The second kappa shape index (κ2) is 6.17. The van der Waals surface area contributed by atoms with Gasteiger partial charge in [0.1, 0.15) is 0 Å². The quantitative estimate of drug-likeness (QED) is 0.709. The van der Waals surface area contributed by atoms with Gasteiger partial charge in [-0.2, -0.15) is 0 Å². The van der Waals surface area contributed by atoms with Crippen LogP contribution < -0.4 is 5.32 Å². The van der Waals surface area contributed by atoms with Gasteiger partial charge in [0.2, 0.25) is 0 Å². The van der Waals surface area contributed by atoms with Gasteiger partial charge in [-0.25, -0.2) is 0 Å². The Morgan fingerprint density at radius 1 is 1.29 bits per heavy atom. The number of nitrogens with one attached hydrogen (secondary N) is 1. The molecule has 0 bridgehead atoms. The topological polar surface area (TPSA) is 18.5 Å². The highest BCUT2D eigenvalue weighted by atomic mass is 15.2. The molecule has 2 atom stereocenters. The zero-order chi connectivity index (χ0) is 12.3. The molecule has 0 spiro atoms. The zero-order valence-electron chi connectivity index (χ0n) is 11.8. The van der Waals surface area contributed by atoms with Crippen molar-refractivity contribution < 1.29 is 0 Å². The second-order valence-electron chi connectivity index (χ2n) is 6.02. The molecule has 3 heteroatoms. The average Bonchev–Trinajstić information content (AvgIpc) is 2.87. The second-order valence-corrected chi connectivity index (χ2v) is 6.02. The van der Waals surface area contributed by atoms with E-state index in [1.54, 1.807) is 0 Å². The normalized spacial score (nSPS) is 29.5. The van der Waals surface area contributed by atoms with Crippen LogP contribution in [0.15, 0.2) is 0 Å². The van der Waals surface area contributed by atoms with Crippen LogP contribution in [-0.4, -0.2) is 61.2 Å². The maximum Gasteiger partial charge on any atom is 0.0250 e. The third-order valence-electron chi connectivity index (χ3n) is 4.58. The van der Waals surface area contributed by atoms with E-state index in [0.29, 0.717) is 6.04 Å². The SMILES string of the molecule is CC(C)N(C)CCCNC1CCN2CCCC12. The number of nitrogens with zero attached hydrogens (tertiary/aromatic N) is 2. The first kappa shape index (κ1) is 13.3. The molecule has 100 valence electrons. The van der Waals surface area contributed by atoms with E-state index in [9.17, 15) is 0 Å². The first-order chi connectivity index (χ1) is 8.18. The molecule has 2 rings (SSSR count). The lowest BCUT2D eigenvalue weighted by Gasteiger charge is -2.23.